The van der Waals surface area contributed by atoms with E-state index in [4.69, 9.17) is 10.5 Å². The second-order valence-electron chi connectivity index (χ2n) is 5.76. The van der Waals surface area contributed by atoms with Crippen LogP contribution >= 0.6 is 0 Å². The molecule has 1 rings (SSSR count). The maximum atomic E-state index is 11.7. The lowest BCUT2D eigenvalue weighted by Gasteiger charge is -2.30. The predicted octanol–water partition coefficient (Wildman–Crippen LogP) is 3.15. The molecule has 0 amide bonds. The Kier molecular flexibility index (Phi) is 4.81. The third kappa shape index (κ3) is 3.63. The number of nitrogen functional groups attached to an aromatic ring is 1. The molecule has 0 saturated heterocycles. The minimum Gasteiger partial charge on any atom is -0.465 e. The molecule has 0 fully saturated rings. The molecule has 0 aliphatic carbocycles. The fourth-order valence-corrected chi connectivity index (χ4v) is 1.57. The van der Waals surface area contributed by atoms with Crippen molar-refractivity contribution in [2.24, 2.45) is 11.3 Å². The number of carbonyl (C=O) groups is 1. The summed E-state index contributed by atoms with van der Waals surface area (Å²) in [7, 11) is 1.37. The average Bonchev–Trinajstić information content (AvgIpc) is 2.35. The molecule has 0 atom stereocenters. The Morgan fingerprint density at radius 3 is 2.58 bits per heavy atom. The minimum absolute atomic E-state index is 0.107. The van der Waals surface area contributed by atoms with Crippen molar-refractivity contribution in [2.45, 2.75) is 27.7 Å². The minimum atomic E-state index is -0.378. The lowest BCUT2D eigenvalue weighted by atomic mass is 9.81. The summed E-state index contributed by atoms with van der Waals surface area (Å²) < 4.78 is 4.78. The lowest BCUT2D eigenvalue weighted by Crippen LogP contribution is -2.29. The van der Waals surface area contributed by atoms with Gasteiger partial charge < -0.3 is 15.8 Å². The number of hydrogen-bond donors (Lipinski definition) is 2. The molecule has 1 aromatic carbocycles. The predicted molar refractivity (Wildman–Crippen MR) is 79.3 cm³/mol. The van der Waals surface area contributed by atoms with E-state index < -0.39 is 0 Å². The normalized spacial score (nSPS) is 11.5. The van der Waals surface area contributed by atoms with Crippen molar-refractivity contribution < 1.29 is 9.53 Å². The topological polar surface area (TPSA) is 64.3 Å². The summed E-state index contributed by atoms with van der Waals surface area (Å²) in [6.07, 6.45) is 0. The van der Waals surface area contributed by atoms with Crippen molar-refractivity contribution in [3.05, 3.63) is 23.8 Å². The number of carbonyl (C=O) groups excluding carboxylic acids is 1. The highest BCUT2D eigenvalue weighted by Crippen LogP contribution is 2.29. The number of rotatable bonds is 5. The molecule has 4 heteroatoms. The number of nitrogens with one attached hydrogen (secondary N) is 1. The van der Waals surface area contributed by atoms with Gasteiger partial charge in [-0.1, -0.05) is 33.8 Å². The zero-order valence-corrected chi connectivity index (χ0v) is 12.4. The number of hydrogen-bond acceptors (Lipinski definition) is 4. The summed E-state index contributed by atoms with van der Waals surface area (Å²) in [5.41, 5.74) is 7.74. The number of benzene rings is 1. The van der Waals surface area contributed by atoms with E-state index in [0.717, 1.165) is 6.54 Å². The van der Waals surface area contributed by atoms with Gasteiger partial charge in [0, 0.05) is 6.54 Å². The highest BCUT2D eigenvalue weighted by atomic mass is 16.5. The van der Waals surface area contributed by atoms with Crippen LogP contribution in [-0.2, 0) is 4.74 Å². The Labute approximate surface area is 115 Å². The van der Waals surface area contributed by atoms with E-state index in [1.54, 1.807) is 18.2 Å². The number of anilines is 2. The van der Waals surface area contributed by atoms with Crippen LogP contribution in [0.5, 0.6) is 0 Å². The fraction of sp³-hybridized carbons (Fsp3) is 0.533. The van der Waals surface area contributed by atoms with Crippen LogP contribution < -0.4 is 11.1 Å². The van der Waals surface area contributed by atoms with E-state index in [-0.39, 0.29) is 11.4 Å². The van der Waals surface area contributed by atoms with Gasteiger partial charge in [-0.05, 0) is 23.5 Å². The SMILES string of the molecule is COC(=O)c1cccc(N)c1NCC(C)(C)C(C)C. The summed E-state index contributed by atoms with van der Waals surface area (Å²) in [5.74, 6) is 0.142. The van der Waals surface area contributed by atoms with Crippen molar-refractivity contribution >= 4 is 17.3 Å². The van der Waals surface area contributed by atoms with Gasteiger partial charge in [0.2, 0.25) is 0 Å². The molecule has 106 valence electrons. The first-order chi connectivity index (χ1) is 8.79. The van der Waals surface area contributed by atoms with E-state index in [2.05, 4.69) is 33.0 Å². The molecule has 0 aromatic heterocycles. The first-order valence-corrected chi connectivity index (χ1v) is 6.50. The molecular formula is C15H24N2O2. The first kappa shape index (κ1) is 15.3. The molecule has 0 unspecified atom stereocenters. The van der Waals surface area contributed by atoms with Crippen molar-refractivity contribution in [3.63, 3.8) is 0 Å². The second kappa shape index (κ2) is 5.95. The maximum absolute atomic E-state index is 11.7. The molecule has 19 heavy (non-hydrogen) atoms. The van der Waals surface area contributed by atoms with Gasteiger partial charge in [0.1, 0.15) is 0 Å². The van der Waals surface area contributed by atoms with Crippen LogP contribution in [-0.4, -0.2) is 19.6 Å². The van der Waals surface area contributed by atoms with Crippen molar-refractivity contribution in [2.75, 3.05) is 24.7 Å². The van der Waals surface area contributed by atoms with Gasteiger partial charge in [-0.3, -0.25) is 0 Å². The van der Waals surface area contributed by atoms with E-state index in [1.807, 2.05) is 0 Å². The zero-order chi connectivity index (χ0) is 14.6. The van der Waals surface area contributed by atoms with Gasteiger partial charge in [0.25, 0.3) is 0 Å². The molecule has 4 nitrogen and oxygen atoms in total. The molecule has 1 aromatic rings. The Balaban J connectivity index is 2.98. The fourth-order valence-electron chi connectivity index (χ4n) is 1.57. The summed E-state index contributed by atoms with van der Waals surface area (Å²) >= 11 is 0. The highest BCUT2D eigenvalue weighted by molar-refractivity contribution is 5.98. The molecule has 3 N–H and O–H groups in total. The number of para-hydroxylation sites is 1. The summed E-state index contributed by atoms with van der Waals surface area (Å²) in [5, 5.41) is 3.29. The summed E-state index contributed by atoms with van der Waals surface area (Å²) in [6.45, 7) is 9.46. The quantitative estimate of drug-likeness (QED) is 0.633. The molecule has 0 aliphatic heterocycles. The van der Waals surface area contributed by atoms with Gasteiger partial charge in [-0.25, -0.2) is 4.79 Å². The molecule has 0 aliphatic rings. The van der Waals surface area contributed by atoms with Gasteiger partial charge in [0.15, 0.2) is 0 Å². The molecule has 0 spiro atoms. The van der Waals surface area contributed by atoms with Crippen LogP contribution in [0.15, 0.2) is 18.2 Å². The Hall–Kier alpha value is -1.71. The Morgan fingerprint density at radius 1 is 1.42 bits per heavy atom. The number of ether oxygens (including phenoxy) is 1. The summed E-state index contributed by atoms with van der Waals surface area (Å²) in [4.78, 5) is 11.7. The standard InChI is InChI=1S/C15H24N2O2/c1-10(2)15(3,4)9-17-13-11(14(18)19-5)7-6-8-12(13)16/h6-8,10,17H,9,16H2,1-5H3. The Bertz CT molecular complexity index is 453. The van der Waals surface area contributed by atoms with Crippen LogP contribution in [0.1, 0.15) is 38.1 Å². The monoisotopic (exact) mass is 264 g/mol. The van der Waals surface area contributed by atoms with Crippen LogP contribution in [0.3, 0.4) is 0 Å². The van der Waals surface area contributed by atoms with E-state index >= 15 is 0 Å². The van der Waals surface area contributed by atoms with Crippen LogP contribution in [0.2, 0.25) is 0 Å². The number of methoxy groups -OCH3 is 1. The van der Waals surface area contributed by atoms with Gasteiger partial charge in [-0.15, -0.1) is 0 Å². The largest absolute Gasteiger partial charge is 0.465 e. The number of nitrogens with two attached hydrogens (primary N) is 1. The molecule has 0 bridgehead atoms. The first-order valence-electron chi connectivity index (χ1n) is 6.50. The number of esters is 1. The van der Waals surface area contributed by atoms with Crippen LogP contribution in [0, 0.1) is 11.3 Å². The smallest absolute Gasteiger partial charge is 0.340 e. The van der Waals surface area contributed by atoms with Gasteiger partial charge in [-0.2, -0.15) is 0 Å². The maximum Gasteiger partial charge on any atom is 0.340 e. The molecule has 0 radical (unpaired) electrons. The lowest BCUT2D eigenvalue weighted by molar-refractivity contribution is 0.0601. The van der Waals surface area contributed by atoms with E-state index in [1.165, 1.54) is 7.11 Å². The third-order valence-corrected chi connectivity index (χ3v) is 3.79. The average molecular weight is 264 g/mol. The van der Waals surface area contributed by atoms with Crippen LogP contribution in [0.4, 0.5) is 11.4 Å². The Morgan fingerprint density at radius 2 is 2.05 bits per heavy atom. The van der Waals surface area contributed by atoms with Crippen molar-refractivity contribution in [3.8, 4) is 0 Å². The van der Waals surface area contributed by atoms with E-state index in [9.17, 15) is 4.79 Å². The molecule has 0 heterocycles. The van der Waals surface area contributed by atoms with Crippen LogP contribution in [0.25, 0.3) is 0 Å². The third-order valence-electron chi connectivity index (χ3n) is 3.79. The highest BCUT2D eigenvalue weighted by Gasteiger charge is 2.23. The van der Waals surface area contributed by atoms with Gasteiger partial charge in [0.05, 0.1) is 24.0 Å². The zero-order valence-electron chi connectivity index (χ0n) is 12.4. The van der Waals surface area contributed by atoms with Gasteiger partial charge >= 0.3 is 5.97 Å². The molecule has 0 saturated carbocycles. The summed E-state index contributed by atoms with van der Waals surface area (Å²) in [6, 6.07) is 5.24. The second-order valence-corrected chi connectivity index (χ2v) is 5.76. The van der Waals surface area contributed by atoms with Crippen molar-refractivity contribution in [1.82, 2.24) is 0 Å². The van der Waals surface area contributed by atoms with E-state index in [0.29, 0.717) is 22.9 Å². The molecular weight excluding hydrogens is 240 g/mol. The van der Waals surface area contributed by atoms with Crippen molar-refractivity contribution in [1.29, 1.82) is 0 Å².